The van der Waals surface area contributed by atoms with Gasteiger partial charge >= 0.3 is 0 Å². The second-order valence-corrected chi connectivity index (χ2v) is 4.17. The molecule has 5 heteroatoms. The van der Waals surface area contributed by atoms with E-state index < -0.39 is 0 Å². The van der Waals surface area contributed by atoms with E-state index in [4.69, 9.17) is 23.2 Å². The molecule has 3 nitrogen and oxygen atoms in total. The van der Waals surface area contributed by atoms with Gasteiger partial charge in [-0.15, -0.1) is 0 Å². The third-order valence-electron chi connectivity index (χ3n) is 2.06. The summed E-state index contributed by atoms with van der Waals surface area (Å²) in [5.74, 6) is 0. The fourth-order valence-electron chi connectivity index (χ4n) is 1.34. The number of aromatic nitrogens is 2. The molecule has 0 bridgehead atoms. The van der Waals surface area contributed by atoms with Gasteiger partial charge in [0, 0.05) is 5.02 Å². The van der Waals surface area contributed by atoms with Crippen molar-refractivity contribution in [3.63, 3.8) is 0 Å². The summed E-state index contributed by atoms with van der Waals surface area (Å²) in [5, 5.41) is 4.87. The minimum Gasteiger partial charge on any atom is -0.266 e. The summed E-state index contributed by atoms with van der Waals surface area (Å²) in [6.45, 7) is 1.78. The monoisotopic (exact) mass is 254 g/mol. The minimum atomic E-state index is -0.338. The zero-order valence-corrected chi connectivity index (χ0v) is 9.96. The SMILES string of the molecule is Cc1cc(Cl)c(=O)n(-c2ccc(Cl)cc2)n1. The van der Waals surface area contributed by atoms with Crippen molar-refractivity contribution in [1.82, 2.24) is 9.78 Å². The molecule has 1 aromatic heterocycles. The molecule has 2 aromatic rings. The topological polar surface area (TPSA) is 34.9 Å². The molecule has 0 fully saturated rings. The Bertz CT molecular complexity index is 576. The number of nitrogens with zero attached hydrogens (tertiary/aromatic N) is 2. The van der Waals surface area contributed by atoms with Gasteiger partial charge in [0.15, 0.2) is 0 Å². The summed E-state index contributed by atoms with van der Waals surface area (Å²) in [7, 11) is 0. The molecule has 16 heavy (non-hydrogen) atoms. The Morgan fingerprint density at radius 2 is 1.81 bits per heavy atom. The number of rotatable bonds is 1. The van der Waals surface area contributed by atoms with Gasteiger partial charge in [-0.3, -0.25) is 4.79 Å². The van der Waals surface area contributed by atoms with Crippen LogP contribution in [-0.4, -0.2) is 9.78 Å². The Balaban J connectivity index is 2.64. The van der Waals surface area contributed by atoms with Crippen molar-refractivity contribution in [1.29, 1.82) is 0 Å². The highest BCUT2D eigenvalue weighted by Crippen LogP contribution is 2.12. The second-order valence-electron chi connectivity index (χ2n) is 3.33. The predicted molar refractivity (Wildman–Crippen MR) is 64.6 cm³/mol. The molecular weight excluding hydrogens is 247 g/mol. The van der Waals surface area contributed by atoms with Gasteiger partial charge in [-0.05, 0) is 37.3 Å². The maximum Gasteiger partial charge on any atom is 0.290 e. The lowest BCUT2D eigenvalue weighted by molar-refractivity contribution is 0.786. The lowest BCUT2D eigenvalue weighted by Gasteiger charge is -2.05. The quantitative estimate of drug-likeness (QED) is 0.785. The fourth-order valence-corrected chi connectivity index (χ4v) is 1.70. The van der Waals surface area contributed by atoms with E-state index in [2.05, 4.69) is 5.10 Å². The van der Waals surface area contributed by atoms with Crippen LogP contribution in [0, 0.1) is 6.92 Å². The molecule has 1 aromatic carbocycles. The van der Waals surface area contributed by atoms with Crippen LogP contribution >= 0.6 is 23.2 Å². The molecular formula is C11H8Cl2N2O. The van der Waals surface area contributed by atoms with E-state index >= 15 is 0 Å². The number of benzene rings is 1. The summed E-state index contributed by atoms with van der Waals surface area (Å²) in [4.78, 5) is 11.7. The van der Waals surface area contributed by atoms with Crippen LogP contribution in [0.25, 0.3) is 5.69 Å². The zero-order chi connectivity index (χ0) is 11.7. The van der Waals surface area contributed by atoms with E-state index in [0.29, 0.717) is 16.4 Å². The van der Waals surface area contributed by atoms with Gasteiger partial charge in [0.05, 0.1) is 11.4 Å². The Labute approximate surface area is 102 Å². The lowest BCUT2D eigenvalue weighted by atomic mass is 10.3. The first kappa shape index (κ1) is 11.2. The summed E-state index contributed by atoms with van der Waals surface area (Å²) < 4.78 is 1.26. The highest BCUT2D eigenvalue weighted by Gasteiger charge is 2.06. The Kier molecular flexibility index (Phi) is 2.99. The maximum absolute atomic E-state index is 11.7. The van der Waals surface area contributed by atoms with E-state index in [0.717, 1.165) is 0 Å². The summed E-state index contributed by atoms with van der Waals surface area (Å²) in [6, 6.07) is 8.36. The van der Waals surface area contributed by atoms with Crippen molar-refractivity contribution >= 4 is 23.2 Å². The van der Waals surface area contributed by atoms with Gasteiger partial charge < -0.3 is 0 Å². The number of hydrogen-bond acceptors (Lipinski definition) is 2. The van der Waals surface area contributed by atoms with Crippen molar-refractivity contribution in [3.05, 3.63) is 56.4 Å². The highest BCUT2D eigenvalue weighted by molar-refractivity contribution is 6.30. The van der Waals surface area contributed by atoms with Crippen LogP contribution in [-0.2, 0) is 0 Å². The molecule has 0 unspecified atom stereocenters. The smallest absolute Gasteiger partial charge is 0.266 e. The average Bonchev–Trinajstić information content (AvgIpc) is 2.25. The standard InChI is InChI=1S/C11H8Cl2N2O/c1-7-6-10(13)11(16)15(14-7)9-4-2-8(12)3-5-9/h2-6H,1H3. The van der Waals surface area contributed by atoms with Crippen molar-refractivity contribution in [2.45, 2.75) is 6.92 Å². The minimum absolute atomic E-state index is 0.155. The first-order valence-corrected chi connectivity index (χ1v) is 5.36. The van der Waals surface area contributed by atoms with Crippen LogP contribution in [0.2, 0.25) is 10.0 Å². The molecule has 0 atom stereocenters. The molecule has 0 saturated carbocycles. The van der Waals surface area contributed by atoms with E-state index in [1.54, 1.807) is 31.2 Å². The first-order valence-electron chi connectivity index (χ1n) is 4.60. The van der Waals surface area contributed by atoms with Gasteiger partial charge in [-0.2, -0.15) is 9.78 Å². The Hall–Kier alpha value is -1.32. The Morgan fingerprint density at radius 1 is 1.19 bits per heavy atom. The van der Waals surface area contributed by atoms with Gasteiger partial charge in [-0.25, -0.2) is 0 Å². The predicted octanol–water partition coefficient (Wildman–Crippen LogP) is 2.85. The molecule has 0 radical (unpaired) electrons. The molecule has 82 valence electrons. The molecule has 0 saturated heterocycles. The van der Waals surface area contributed by atoms with E-state index in [-0.39, 0.29) is 10.6 Å². The summed E-state index contributed by atoms with van der Waals surface area (Å²) in [5.41, 5.74) is 0.981. The third kappa shape index (κ3) is 2.10. The van der Waals surface area contributed by atoms with E-state index in [1.807, 2.05) is 0 Å². The van der Waals surface area contributed by atoms with Crippen molar-refractivity contribution in [3.8, 4) is 5.69 Å². The van der Waals surface area contributed by atoms with Gasteiger partial charge in [0.2, 0.25) is 0 Å². The fraction of sp³-hybridized carbons (Fsp3) is 0.0909. The molecule has 0 amide bonds. The second kappa shape index (κ2) is 4.28. The van der Waals surface area contributed by atoms with Crippen LogP contribution in [0.5, 0.6) is 0 Å². The van der Waals surface area contributed by atoms with Crippen LogP contribution in [0.15, 0.2) is 35.1 Å². The highest BCUT2D eigenvalue weighted by atomic mass is 35.5. The molecule has 0 spiro atoms. The summed E-state index contributed by atoms with van der Waals surface area (Å²) >= 11 is 11.6. The maximum atomic E-state index is 11.7. The zero-order valence-electron chi connectivity index (χ0n) is 8.45. The number of hydrogen-bond donors (Lipinski definition) is 0. The summed E-state index contributed by atoms with van der Waals surface area (Å²) in [6.07, 6.45) is 0. The number of halogens is 2. The van der Waals surface area contributed by atoms with E-state index in [9.17, 15) is 4.79 Å². The third-order valence-corrected chi connectivity index (χ3v) is 2.58. The number of aryl methyl sites for hydroxylation is 1. The van der Waals surface area contributed by atoms with Gasteiger partial charge in [-0.1, -0.05) is 23.2 Å². The molecule has 2 rings (SSSR count). The average molecular weight is 255 g/mol. The van der Waals surface area contributed by atoms with Crippen LogP contribution < -0.4 is 5.56 Å². The van der Waals surface area contributed by atoms with Crippen LogP contribution in [0.4, 0.5) is 0 Å². The molecule has 0 aliphatic carbocycles. The first-order chi connectivity index (χ1) is 7.58. The molecule has 0 N–H and O–H groups in total. The lowest BCUT2D eigenvalue weighted by Crippen LogP contribution is -2.22. The molecule has 0 aliphatic rings. The van der Waals surface area contributed by atoms with Crippen molar-refractivity contribution in [2.75, 3.05) is 0 Å². The van der Waals surface area contributed by atoms with E-state index in [1.165, 1.54) is 10.7 Å². The Morgan fingerprint density at radius 3 is 2.44 bits per heavy atom. The van der Waals surface area contributed by atoms with Crippen molar-refractivity contribution in [2.24, 2.45) is 0 Å². The largest absolute Gasteiger partial charge is 0.290 e. The molecule has 1 heterocycles. The molecule has 0 aliphatic heterocycles. The van der Waals surface area contributed by atoms with Gasteiger partial charge in [0.1, 0.15) is 5.02 Å². The van der Waals surface area contributed by atoms with Crippen LogP contribution in [0.1, 0.15) is 5.69 Å². The van der Waals surface area contributed by atoms with Crippen LogP contribution in [0.3, 0.4) is 0 Å². The van der Waals surface area contributed by atoms with Crippen molar-refractivity contribution < 1.29 is 0 Å². The van der Waals surface area contributed by atoms with Gasteiger partial charge in [0.25, 0.3) is 5.56 Å². The normalized spacial score (nSPS) is 10.4.